The lowest BCUT2D eigenvalue weighted by molar-refractivity contribution is 0.0952. The highest BCUT2D eigenvalue weighted by Gasteiger charge is 2.18. The fraction of sp³-hybridized carbons (Fsp3) is 0.0714. The minimum absolute atomic E-state index is 0.0155. The van der Waals surface area contributed by atoms with Gasteiger partial charge in [-0.1, -0.05) is 18.2 Å². The first kappa shape index (κ1) is 15.6. The summed E-state index contributed by atoms with van der Waals surface area (Å²) in [4.78, 5) is 27.1. The van der Waals surface area contributed by atoms with Crippen LogP contribution < -0.4 is 10.0 Å². The Morgan fingerprint density at radius 2 is 1.68 bits per heavy atom. The van der Waals surface area contributed by atoms with Gasteiger partial charge in [0.2, 0.25) is 0 Å². The number of amides is 2. The van der Waals surface area contributed by atoms with Crippen LogP contribution in [-0.2, 0) is 10.0 Å². The Morgan fingerprint density at radius 1 is 1.00 bits per heavy atom. The predicted octanol–water partition coefficient (Wildman–Crippen LogP) is 0.560. The fourth-order valence-electron chi connectivity index (χ4n) is 1.63. The molecule has 1 heterocycles. The van der Waals surface area contributed by atoms with Gasteiger partial charge in [0.15, 0.2) is 0 Å². The van der Waals surface area contributed by atoms with E-state index in [9.17, 15) is 18.0 Å². The Balaban J connectivity index is 2.17. The van der Waals surface area contributed by atoms with E-state index in [0.29, 0.717) is 0 Å². The molecule has 0 radical (unpaired) electrons. The Bertz CT molecular complexity index is 787. The van der Waals surface area contributed by atoms with Crippen molar-refractivity contribution in [1.29, 1.82) is 0 Å². The second-order valence-corrected chi connectivity index (χ2v) is 5.94. The summed E-state index contributed by atoms with van der Waals surface area (Å²) in [7, 11) is -2.49. The van der Waals surface area contributed by atoms with E-state index in [0.717, 1.165) is 6.20 Å². The average Bonchev–Trinajstić information content (AvgIpc) is 2.54. The number of nitrogens with one attached hydrogen (secondary N) is 2. The van der Waals surface area contributed by atoms with Crippen LogP contribution in [0.1, 0.15) is 20.8 Å². The third-order valence-corrected chi connectivity index (χ3v) is 4.11. The quantitative estimate of drug-likeness (QED) is 0.856. The Labute approximate surface area is 127 Å². The van der Waals surface area contributed by atoms with E-state index in [2.05, 4.69) is 10.3 Å². The van der Waals surface area contributed by atoms with Crippen molar-refractivity contribution in [2.24, 2.45) is 0 Å². The summed E-state index contributed by atoms with van der Waals surface area (Å²) in [6.45, 7) is 0. The number of benzene rings is 1. The van der Waals surface area contributed by atoms with Gasteiger partial charge in [-0.15, -0.1) is 0 Å². The molecule has 0 aliphatic carbocycles. The molecular formula is C14H13N3O4S. The number of rotatable bonds is 4. The Morgan fingerprint density at radius 3 is 2.23 bits per heavy atom. The van der Waals surface area contributed by atoms with Gasteiger partial charge in [-0.05, 0) is 24.3 Å². The van der Waals surface area contributed by atoms with Gasteiger partial charge in [0.05, 0.1) is 10.5 Å². The number of pyridine rings is 1. The summed E-state index contributed by atoms with van der Waals surface area (Å²) in [5.41, 5.74) is 0.164. The lowest BCUT2D eigenvalue weighted by Crippen LogP contribution is -2.30. The molecule has 0 fully saturated rings. The number of nitrogens with zero attached hydrogens (tertiary/aromatic N) is 1. The molecule has 0 aliphatic rings. The third-order valence-electron chi connectivity index (χ3n) is 2.77. The molecule has 7 nitrogen and oxygen atoms in total. The van der Waals surface area contributed by atoms with Crippen molar-refractivity contribution in [3.05, 3.63) is 59.9 Å². The predicted molar refractivity (Wildman–Crippen MR) is 78.7 cm³/mol. The zero-order valence-electron chi connectivity index (χ0n) is 11.6. The van der Waals surface area contributed by atoms with Crippen LogP contribution in [0, 0.1) is 0 Å². The van der Waals surface area contributed by atoms with Gasteiger partial charge >= 0.3 is 0 Å². The van der Waals surface area contributed by atoms with Gasteiger partial charge in [0, 0.05) is 13.2 Å². The highest BCUT2D eigenvalue weighted by Crippen LogP contribution is 2.08. The van der Waals surface area contributed by atoms with Crippen molar-refractivity contribution in [2.45, 2.75) is 4.90 Å². The largest absolute Gasteiger partial charge is 0.354 e. The maximum absolute atomic E-state index is 12.0. The molecule has 2 amide bonds. The number of carbonyl (C=O) groups excluding carboxylic acids is 2. The first-order chi connectivity index (χ1) is 10.4. The van der Waals surface area contributed by atoms with Crippen molar-refractivity contribution in [3.63, 3.8) is 0 Å². The topological polar surface area (TPSA) is 105 Å². The van der Waals surface area contributed by atoms with Crippen molar-refractivity contribution >= 4 is 21.8 Å². The van der Waals surface area contributed by atoms with Crippen LogP contribution in [0.3, 0.4) is 0 Å². The summed E-state index contributed by atoms with van der Waals surface area (Å²) < 4.78 is 26.0. The summed E-state index contributed by atoms with van der Waals surface area (Å²) in [5.74, 6) is -1.22. The minimum Gasteiger partial charge on any atom is -0.354 e. The molecule has 0 aliphatic heterocycles. The van der Waals surface area contributed by atoms with Crippen molar-refractivity contribution in [2.75, 3.05) is 7.05 Å². The maximum atomic E-state index is 12.0. The van der Waals surface area contributed by atoms with Crippen LogP contribution in [-0.4, -0.2) is 32.3 Å². The van der Waals surface area contributed by atoms with Gasteiger partial charge < -0.3 is 5.32 Å². The second kappa shape index (κ2) is 6.35. The molecule has 0 atom stereocenters. The second-order valence-electron chi connectivity index (χ2n) is 4.26. The molecule has 2 rings (SSSR count). The molecule has 8 heteroatoms. The Kier molecular flexibility index (Phi) is 4.52. The number of hydrogen-bond donors (Lipinski definition) is 2. The van der Waals surface area contributed by atoms with Crippen LogP contribution in [0.2, 0.25) is 0 Å². The molecule has 2 N–H and O–H groups in total. The molecule has 0 saturated heterocycles. The molecule has 0 saturated carbocycles. The number of sulfonamides is 1. The van der Waals surface area contributed by atoms with Crippen LogP contribution in [0.4, 0.5) is 0 Å². The van der Waals surface area contributed by atoms with Crippen LogP contribution in [0.25, 0.3) is 0 Å². The molecule has 1 aromatic heterocycles. The van der Waals surface area contributed by atoms with E-state index < -0.39 is 21.8 Å². The number of hydrogen-bond acceptors (Lipinski definition) is 5. The summed E-state index contributed by atoms with van der Waals surface area (Å²) in [6, 6.07) is 10.2. The lowest BCUT2D eigenvalue weighted by Gasteiger charge is -2.07. The molecule has 0 bridgehead atoms. The summed E-state index contributed by atoms with van der Waals surface area (Å²) in [5, 5.41) is 2.39. The first-order valence-corrected chi connectivity index (χ1v) is 7.72. The van der Waals surface area contributed by atoms with Gasteiger partial charge in [-0.2, -0.15) is 0 Å². The lowest BCUT2D eigenvalue weighted by atomic mass is 10.2. The maximum Gasteiger partial charge on any atom is 0.269 e. The highest BCUT2D eigenvalue weighted by atomic mass is 32.2. The average molecular weight is 319 g/mol. The smallest absolute Gasteiger partial charge is 0.269 e. The molecule has 2 aromatic rings. The van der Waals surface area contributed by atoms with Gasteiger partial charge in [-0.25, -0.2) is 13.1 Å². The van der Waals surface area contributed by atoms with E-state index in [-0.39, 0.29) is 16.2 Å². The third kappa shape index (κ3) is 3.47. The van der Waals surface area contributed by atoms with Crippen LogP contribution >= 0.6 is 0 Å². The Hall–Kier alpha value is -2.74. The zero-order valence-corrected chi connectivity index (χ0v) is 12.4. The monoisotopic (exact) mass is 319 g/mol. The van der Waals surface area contributed by atoms with E-state index in [1.807, 2.05) is 4.72 Å². The normalized spacial score (nSPS) is 10.8. The fourth-order valence-corrected chi connectivity index (χ4v) is 2.63. The van der Waals surface area contributed by atoms with Crippen molar-refractivity contribution in [3.8, 4) is 0 Å². The molecule has 22 heavy (non-hydrogen) atoms. The van der Waals surface area contributed by atoms with Crippen LogP contribution in [0.5, 0.6) is 0 Å². The molecule has 0 spiro atoms. The van der Waals surface area contributed by atoms with Crippen LogP contribution in [0.15, 0.2) is 53.6 Å². The SMILES string of the molecule is CNC(=O)c1ccc(C(=O)NS(=O)(=O)c2ccccc2)cn1. The molecule has 114 valence electrons. The molecule has 0 unspecified atom stereocenters. The van der Waals surface area contributed by atoms with Gasteiger partial charge in [0.1, 0.15) is 5.69 Å². The molecular weight excluding hydrogens is 306 g/mol. The van der Waals surface area contributed by atoms with Gasteiger partial charge in [0.25, 0.3) is 21.8 Å². The zero-order chi connectivity index (χ0) is 16.2. The van der Waals surface area contributed by atoms with E-state index in [1.165, 1.54) is 31.3 Å². The number of carbonyl (C=O) groups is 2. The minimum atomic E-state index is -3.95. The molecule has 1 aromatic carbocycles. The highest BCUT2D eigenvalue weighted by molar-refractivity contribution is 7.90. The summed E-state index contributed by atoms with van der Waals surface area (Å²) >= 11 is 0. The summed E-state index contributed by atoms with van der Waals surface area (Å²) in [6.07, 6.45) is 1.14. The number of aromatic nitrogens is 1. The van der Waals surface area contributed by atoms with Gasteiger partial charge in [-0.3, -0.25) is 14.6 Å². The van der Waals surface area contributed by atoms with Crippen molar-refractivity contribution < 1.29 is 18.0 Å². The first-order valence-electron chi connectivity index (χ1n) is 6.24. The van der Waals surface area contributed by atoms with E-state index >= 15 is 0 Å². The van der Waals surface area contributed by atoms with Crippen molar-refractivity contribution in [1.82, 2.24) is 15.0 Å². The van der Waals surface area contributed by atoms with E-state index in [1.54, 1.807) is 18.2 Å². The van der Waals surface area contributed by atoms with E-state index in [4.69, 9.17) is 0 Å². The standard InChI is InChI=1S/C14H13N3O4S/c1-15-14(19)12-8-7-10(9-16-12)13(18)17-22(20,21)11-5-3-2-4-6-11/h2-9H,1H3,(H,15,19)(H,17,18).